The molecule has 7 heteroatoms. The van der Waals surface area contributed by atoms with E-state index in [4.69, 9.17) is 26.7 Å². The van der Waals surface area contributed by atoms with Gasteiger partial charge in [0.1, 0.15) is 23.0 Å². The van der Waals surface area contributed by atoms with Crippen LogP contribution in [-0.2, 0) is 13.0 Å². The number of benzene rings is 3. The molecule has 3 aromatic carbocycles. The van der Waals surface area contributed by atoms with Gasteiger partial charge in [0.25, 0.3) is 0 Å². The minimum atomic E-state index is -0.419. The monoisotopic (exact) mass is 529 g/mol. The maximum Gasteiger partial charge on any atom is 0.196 e. The molecule has 0 fully saturated rings. The van der Waals surface area contributed by atoms with Gasteiger partial charge in [-0.2, -0.15) is 0 Å². The first kappa shape index (κ1) is 25.9. The van der Waals surface area contributed by atoms with Crippen LogP contribution in [0.5, 0.6) is 0 Å². The fraction of sp³-hybridized carbons (Fsp3) is 0.226. The lowest BCUT2D eigenvalue weighted by molar-refractivity contribution is 0.359. The molecule has 0 aliphatic rings. The second kappa shape index (κ2) is 10.6. The Bertz CT molecular complexity index is 1670. The number of aryl methyl sites for hydroxylation is 1. The first-order valence-electron chi connectivity index (χ1n) is 12.6. The number of nitrogens with zero attached hydrogens (tertiary/aromatic N) is 2. The molecule has 2 N–H and O–H groups in total. The first-order valence-corrected chi connectivity index (χ1v) is 13.0. The van der Waals surface area contributed by atoms with Gasteiger partial charge < -0.3 is 14.7 Å². The minimum Gasteiger partial charge on any atom is -0.458 e. The zero-order chi connectivity index (χ0) is 27.0. The van der Waals surface area contributed by atoms with Crippen LogP contribution in [-0.4, -0.2) is 9.55 Å². The van der Waals surface area contributed by atoms with Gasteiger partial charge in [-0.05, 0) is 42.2 Å². The van der Waals surface area contributed by atoms with Crippen LogP contribution in [0.25, 0.3) is 22.4 Å². The first-order chi connectivity index (χ1) is 18.3. The van der Waals surface area contributed by atoms with Crippen molar-refractivity contribution in [1.29, 1.82) is 0 Å². The number of hydrogen-bond donors (Lipinski definition) is 1. The van der Waals surface area contributed by atoms with Crippen LogP contribution in [0.4, 0.5) is 4.39 Å². The zero-order valence-electron chi connectivity index (χ0n) is 21.5. The van der Waals surface area contributed by atoms with Gasteiger partial charge in [0.15, 0.2) is 5.43 Å². The molecule has 0 saturated heterocycles. The summed E-state index contributed by atoms with van der Waals surface area (Å²) >= 11 is 6.28. The third-order valence-electron chi connectivity index (χ3n) is 6.82. The Labute approximate surface area is 225 Å². The number of rotatable bonds is 7. The molecule has 0 aliphatic heterocycles. The molecule has 0 bridgehead atoms. The van der Waals surface area contributed by atoms with E-state index in [1.54, 1.807) is 31.2 Å². The van der Waals surface area contributed by atoms with Crippen molar-refractivity contribution in [2.24, 2.45) is 11.7 Å². The molecule has 38 heavy (non-hydrogen) atoms. The summed E-state index contributed by atoms with van der Waals surface area (Å²) in [5, 5.41) is 0.952. The third kappa shape index (κ3) is 4.89. The highest BCUT2D eigenvalue weighted by molar-refractivity contribution is 6.31. The molecule has 194 valence electrons. The van der Waals surface area contributed by atoms with Gasteiger partial charge in [-0.3, -0.25) is 4.79 Å². The summed E-state index contributed by atoms with van der Waals surface area (Å²) in [5.74, 6) is 0.753. The van der Waals surface area contributed by atoms with E-state index in [1.165, 1.54) is 6.07 Å². The van der Waals surface area contributed by atoms with Crippen molar-refractivity contribution in [3.63, 3.8) is 0 Å². The summed E-state index contributed by atoms with van der Waals surface area (Å²) in [6.45, 7) is 6.05. The normalized spacial score (nSPS) is 12.4. The Morgan fingerprint density at radius 3 is 2.53 bits per heavy atom. The molecular formula is C31H29ClFN3O2. The Kier molecular flexibility index (Phi) is 7.19. The van der Waals surface area contributed by atoms with Crippen molar-refractivity contribution in [2.75, 3.05) is 0 Å². The minimum absolute atomic E-state index is 0.0156. The summed E-state index contributed by atoms with van der Waals surface area (Å²) in [4.78, 5) is 18.7. The average Bonchev–Trinajstić information content (AvgIpc) is 3.32. The lowest BCUT2D eigenvalue weighted by Crippen LogP contribution is -2.23. The van der Waals surface area contributed by atoms with Crippen molar-refractivity contribution in [2.45, 2.75) is 39.8 Å². The van der Waals surface area contributed by atoms with E-state index in [0.717, 1.165) is 5.56 Å². The summed E-state index contributed by atoms with van der Waals surface area (Å²) in [7, 11) is 0. The Balaban J connectivity index is 1.79. The molecule has 5 rings (SSSR count). The predicted molar refractivity (Wildman–Crippen MR) is 150 cm³/mol. The van der Waals surface area contributed by atoms with Crippen LogP contribution in [0.1, 0.15) is 48.0 Å². The fourth-order valence-electron chi connectivity index (χ4n) is 4.88. The summed E-state index contributed by atoms with van der Waals surface area (Å²) in [6, 6.07) is 19.5. The molecule has 5 aromatic rings. The van der Waals surface area contributed by atoms with Gasteiger partial charge in [-0.15, -0.1) is 0 Å². The number of imidazole rings is 1. The second-order valence-electron chi connectivity index (χ2n) is 9.90. The van der Waals surface area contributed by atoms with E-state index >= 15 is 0 Å². The molecule has 0 radical (unpaired) electrons. The topological polar surface area (TPSA) is 74.0 Å². The highest BCUT2D eigenvalue weighted by atomic mass is 35.5. The number of aromatic nitrogens is 2. The molecule has 0 amide bonds. The van der Waals surface area contributed by atoms with Crippen molar-refractivity contribution in [1.82, 2.24) is 9.55 Å². The van der Waals surface area contributed by atoms with Crippen LogP contribution in [0.3, 0.4) is 0 Å². The van der Waals surface area contributed by atoms with Gasteiger partial charge in [0.2, 0.25) is 0 Å². The largest absolute Gasteiger partial charge is 0.458 e. The number of nitrogens with two attached hydrogens (primary N) is 1. The van der Waals surface area contributed by atoms with Crippen LogP contribution >= 0.6 is 11.6 Å². The maximum atomic E-state index is 14.6. The molecule has 1 atom stereocenters. The van der Waals surface area contributed by atoms with E-state index in [2.05, 4.69) is 13.8 Å². The molecule has 0 saturated carbocycles. The summed E-state index contributed by atoms with van der Waals surface area (Å²) < 4.78 is 23.1. The van der Waals surface area contributed by atoms with Gasteiger partial charge in [-0.25, -0.2) is 9.37 Å². The highest BCUT2D eigenvalue weighted by Gasteiger charge is 2.30. The SMILES string of the molecule is Cc1ccc(-c2nc(CN)cn2C(c2oc3cc(Cl)ccc3c(=O)c2Cc2ccccc2)C(C)C)cc1F. The van der Waals surface area contributed by atoms with Crippen LogP contribution in [0, 0.1) is 18.7 Å². The predicted octanol–water partition coefficient (Wildman–Crippen LogP) is 7.05. The van der Waals surface area contributed by atoms with Gasteiger partial charge >= 0.3 is 0 Å². The van der Waals surface area contributed by atoms with Crippen LogP contribution in [0.2, 0.25) is 5.02 Å². The smallest absolute Gasteiger partial charge is 0.196 e. The molecule has 0 spiro atoms. The number of fused-ring (bicyclic) bond motifs is 1. The Morgan fingerprint density at radius 2 is 1.84 bits per heavy atom. The summed E-state index contributed by atoms with van der Waals surface area (Å²) in [5.41, 5.74) is 9.68. The second-order valence-corrected chi connectivity index (χ2v) is 10.3. The Hall–Kier alpha value is -3.74. The quantitative estimate of drug-likeness (QED) is 0.245. The molecule has 0 aliphatic carbocycles. The van der Waals surface area contributed by atoms with E-state index < -0.39 is 6.04 Å². The van der Waals surface area contributed by atoms with Crippen molar-refractivity contribution in [3.05, 3.63) is 122 Å². The van der Waals surface area contributed by atoms with Gasteiger partial charge in [0, 0.05) is 41.4 Å². The zero-order valence-corrected chi connectivity index (χ0v) is 22.3. The Morgan fingerprint density at radius 1 is 1.08 bits per heavy atom. The van der Waals surface area contributed by atoms with Crippen molar-refractivity contribution >= 4 is 22.6 Å². The fourth-order valence-corrected chi connectivity index (χ4v) is 5.04. The maximum absolute atomic E-state index is 14.6. The van der Waals surface area contributed by atoms with Gasteiger partial charge in [0.05, 0.1) is 17.1 Å². The van der Waals surface area contributed by atoms with Gasteiger partial charge in [-0.1, -0.05) is 67.9 Å². The van der Waals surface area contributed by atoms with E-state index in [1.807, 2.05) is 47.2 Å². The van der Waals surface area contributed by atoms with Crippen LogP contribution in [0.15, 0.2) is 82.1 Å². The molecule has 1 unspecified atom stereocenters. The summed E-state index contributed by atoms with van der Waals surface area (Å²) in [6.07, 6.45) is 2.26. The van der Waals surface area contributed by atoms with E-state index in [9.17, 15) is 9.18 Å². The third-order valence-corrected chi connectivity index (χ3v) is 7.06. The van der Waals surface area contributed by atoms with Crippen molar-refractivity contribution < 1.29 is 8.81 Å². The van der Waals surface area contributed by atoms with E-state index in [0.29, 0.717) is 56.4 Å². The lowest BCUT2D eigenvalue weighted by Gasteiger charge is -2.26. The standard InChI is InChI=1S/C31H29ClFN3O2/c1-18(2)28(36-17-23(16-34)35-31(36)21-10-9-19(3)26(33)14-21)30-25(13-20-7-5-4-6-8-20)29(37)24-12-11-22(32)15-27(24)38-30/h4-12,14-15,17-18,28H,13,16,34H2,1-3H3. The molecular weight excluding hydrogens is 501 g/mol. The van der Waals surface area contributed by atoms with E-state index in [-0.39, 0.29) is 23.7 Å². The molecule has 2 heterocycles. The number of halogens is 2. The highest BCUT2D eigenvalue weighted by Crippen LogP contribution is 2.36. The lowest BCUT2D eigenvalue weighted by atomic mass is 9.93. The average molecular weight is 530 g/mol. The number of hydrogen-bond acceptors (Lipinski definition) is 4. The molecule has 5 nitrogen and oxygen atoms in total. The van der Waals surface area contributed by atoms with Crippen LogP contribution < -0.4 is 11.2 Å². The molecule has 2 aromatic heterocycles. The van der Waals surface area contributed by atoms with Crippen molar-refractivity contribution in [3.8, 4) is 11.4 Å².